The Morgan fingerprint density at radius 3 is 2.43 bits per heavy atom. The van der Waals surface area contributed by atoms with Gasteiger partial charge in [0.1, 0.15) is 17.8 Å². The number of methoxy groups -OCH3 is 2. The van der Waals surface area contributed by atoms with Crippen LogP contribution in [0.4, 0.5) is 0 Å². The molecule has 2 saturated carbocycles. The lowest BCUT2D eigenvalue weighted by molar-refractivity contribution is -0.220. The number of hydrogen-bond acceptors (Lipinski definition) is 9. The molecule has 9 nitrogen and oxygen atoms in total. The van der Waals surface area contributed by atoms with Crippen LogP contribution in [-0.4, -0.2) is 78.3 Å². The zero-order valence-electron chi connectivity index (χ0n) is 29.6. The number of aliphatic hydroxyl groups is 2. The standard InChI is InChI=1S/C37H56O9/c1-12-20(2)31(41)44-24-19-36(8)22(21-17-23(45-32(21)42-10)30(40)34(5,6)43-11)13-14-25(36)37(9)27(38)18-26-33(3,4)46-28(39)15-16-35(26,7)29(24)37/h12,14-16,21-24,26-27,29-30,32,38,40H,13,17-19H2,1-11H3/b20-12+/t21-,22-,23+,24+,26-,27+,29+,30-,32-,35-,36-,37+/m0/s1. The fraction of sp³-hybridized carbons (Fsp3) is 0.784. The lowest BCUT2D eigenvalue weighted by Crippen LogP contribution is -2.67. The lowest BCUT2D eigenvalue weighted by atomic mass is 9.39. The van der Waals surface area contributed by atoms with Gasteiger partial charge in [-0.25, -0.2) is 9.59 Å². The van der Waals surface area contributed by atoms with E-state index in [-0.39, 0.29) is 29.6 Å². The number of rotatable bonds is 7. The van der Waals surface area contributed by atoms with Crippen LogP contribution in [0.2, 0.25) is 0 Å². The number of allylic oxidation sites excluding steroid dienone is 3. The average molecular weight is 645 g/mol. The summed E-state index contributed by atoms with van der Waals surface area (Å²) in [6.07, 6.45) is 6.58. The number of cyclic esters (lactones) is 1. The molecule has 2 aliphatic heterocycles. The molecule has 0 amide bonds. The van der Waals surface area contributed by atoms with Gasteiger partial charge in [-0.3, -0.25) is 0 Å². The molecule has 0 aromatic carbocycles. The van der Waals surface area contributed by atoms with Crippen LogP contribution in [0.25, 0.3) is 0 Å². The summed E-state index contributed by atoms with van der Waals surface area (Å²) < 4.78 is 30.3. The summed E-state index contributed by atoms with van der Waals surface area (Å²) >= 11 is 0. The van der Waals surface area contributed by atoms with Crippen LogP contribution in [0, 0.1) is 39.9 Å². The number of esters is 2. The van der Waals surface area contributed by atoms with Crippen molar-refractivity contribution in [2.75, 3.05) is 14.2 Å². The van der Waals surface area contributed by atoms with Gasteiger partial charge in [0.2, 0.25) is 0 Å². The molecule has 0 bridgehead atoms. The molecule has 12 atom stereocenters. The monoisotopic (exact) mass is 644 g/mol. The number of aliphatic hydroxyl groups excluding tert-OH is 2. The summed E-state index contributed by atoms with van der Waals surface area (Å²) in [5.74, 6) is -1.35. The zero-order valence-corrected chi connectivity index (χ0v) is 29.6. The van der Waals surface area contributed by atoms with Crippen molar-refractivity contribution in [1.82, 2.24) is 0 Å². The maximum atomic E-state index is 13.5. The third-order valence-corrected chi connectivity index (χ3v) is 13.1. The number of ether oxygens (including phenoxy) is 5. The molecule has 5 rings (SSSR count). The molecule has 2 heterocycles. The second-order valence-corrected chi connectivity index (χ2v) is 16.2. The second kappa shape index (κ2) is 11.8. The quantitative estimate of drug-likeness (QED) is 0.217. The Morgan fingerprint density at radius 1 is 1.15 bits per heavy atom. The van der Waals surface area contributed by atoms with Crippen molar-refractivity contribution in [3.05, 3.63) is 35.5 Å². The normalized spacial score (nSPS) is 44.3. The Bertz CT molecular complexity index is 1310. The van der Waals surface area contributed by atoms with Gasteiger partial charge in [0.05, 0.1) is 17.8 Å². The van der Waals surface area contributed by atoms with Gasteiger partial charge in [-0.1, -0.05) is 44.6 Å². The Kier molecular flexibility index (Phi) is 9.07. The highest BCUT2D eigenvalue weighted by atomic mass is 16.7. The Hall–Kier alpha value is -2.04. The fourth-order valence-electron chi connectivity index (χ4n) is 10.5. The molecule has 5 aliphatic rings. The third-order valence-electron chi connectivity index (χ3n) is 13.1. The van der Waals surface area contributed by atoms with E-state index < -0.39 is 64.1 Å². The Morgan fingerprint density at radius 2 is 1.83 bits per heavy atom. The van der Waals surface area contributed by atoms with E-state index in [1.54, 1.807) is 27.2 Å². The molecule has 0 aromatic heterocycles. The Balaban J connectivity index is 1.60. The predicted octanol–water partition coefficient (Wildman–Crippen LogP) is 5.29. The van der Waals surface area contributed by atoms with Crippen LogP contribution < -0.4 is 0 Å². The van der Waals surface area contributed by atoms with E-state index in [0.29, 0.717) is 24.8 Å². The van der Waals surface area contributed by atoms with Gasteiger partial charge in [0, 0.05) is 49.0 Å². The summed E-state index contributed by atoms with van der Waals surface area (Å²) in [7, 11) is 3.22. The van der Waals surface area contributed by atoms with Crippen molar-refractivity contribution >= 4 is 11.9 Å². The van der Waals surface area contributed by atoms with E-state index in [9.17, 15) is 19.8 Å². The van der Waals surface area contributed by atoms with Gasteiger partial charge in [0.15, 0.2) is 6.29 Å². The van der Waals surface area contributed by atoms with Crippen molar-refractivity contribution in [2.24, 2.45) is 39.9 Å². The summed E-state index contributed by atoms with van der Waals surface area (Å²) in [5, 5.41) is 23.6. The van der Waals surface area contributed by atoms with Gasteiger partial charge >= 0.3 is 11.9 Å². The molecule has 2 N–H and O–H groups in total. The first-order valence-electron chi connectivity index (χ1n) is 16.9. The van der Waals surface area contributed by atoms with Crippen molar-refractivity contribution in [1.29, 1.82) is 0 Å². The third kappa shape index (κ3) is 5.24. The smallest absolute Gasteiger partial charge is 0.333 e. The summed E-state index contributed by atoms with van der Waals surface area (Å²) in [6, 6.07) is 0. The molecule has 9 heteroatoms. The Labute approximate surface area is 274 Å². The van der Waals surface area contributed by atoms with Crippen LogP contribution in [0.5, 0.6) is 0 Å². The van der Waals surface area contributed by atoms with Crippen LogP contribution in [0.3, 0.4) is 0 Å². The summed E-state index contributed by atoms with van der Waals surface area (Å²) in [5.41, 5.74) is -1.85. The number of carbonyl (C=O) groups excluding carboxylic acids is 2. The molecule has 3 fully saturated rings. The van der Waals surface area contributed by atoms with E-state index in [0.717, 1.165) is 12.0 Å². The van der Waals surface area contributed by atoms with Crippen molar-refractivity contribution < 1.29 is 43.5 Å². The minimum atomic E-state index is -0.861. The van der Waals surface area contributed by atoms with Gasteiger partial charge in [-0.2, -0.15) is 0 Å². The largest absolute Gasteiger partial charge is 0.459 e. The zero-order chi connectivity index (χ0) is 34.2. The molecular weight excluding hydrogens is 588 g/mol. The van der Waals surface area contributed by atoms with Crippen molar-refractivity contribution in [3.63, 3.8) is 0 Å². The minimum Gasteiger partial charge on any atom is -0.459 e. The topological polar surface area (TPSA) is 121 Å². The highest BCUT2D eigenvalue weighted by Crippen LogP contribution is 2.72. The van der Waals surface area contributed by atoms with Gasteiger partial charge in [-0.05, 0) is 84.0 Å². The summed E-state index contributed by atoms with van der Waals surface area (Å²) in [4.78, 5) is 26.3. The van der Waals surface area contributed by atoms with Crippen molar-refractivity contribution in [2.45, 2.75) is 130 Å². The molecule has 0 radical (unpaired) electrons. The summed E-state index contributed by atoms with van der Waals surface area (Å²) in [6.45, 7) is 17.6. The first-order valence-corrected chi connectivity index (χ1v) is 16.9. The fourth-order valence-corrected chi connectivity index (χ4v) is 10.5. The van der Waals surface area contributed by atoms with E-state index in [2.05, 4.69) is 26.8 Å². The van der Waals surface area contributed by atoms with E-state index in [4.69, 9.17) is 23.7 Å². The maximum absolute atomic E-state index is 13.5. The molecule has 258 valence electrons. The molecular formula is C37H56O9. The molecule has 0 spiro atoms. The number of fused-ring (bicyclic) bond motifs is 5. The van der Waals surface area contributed by atoms with Crippen molar-refractivity contribution in [3.8, 4) is 0 Å². The SMILES string of the molecule is C/C=C(\C)C(=O)O[C@@H]1C[C@]2(C)C(=CC[C@H]2[C@@H]2C[C@H]([C@H](O)C(C)(C)OC)O[C@@H]2OC)[C@]2(C)[C@H](O)C[C@H]3C(C)(C)OC(=O)C=C[C@]3(C)[C@@H]12. The predicted molar refractivity (Wildman–Crippen MR) is 172 cm³/mol. The molecule has 1 saturated heterocycles. The minimum absolute atomic E-state index is 0.0425. The van der Waals surface area contributed by atoms with Gasteiger partial charge < -0.3 is 33.9 Å². The average Bonchev–Trinajstić information content (AvgIpc) is 3.55. The van der Waals surface area contributed by atoms with E-state index >= 15 is 0 Å². The van der Waals surface area contributed by atoms with Crippen LogP contribution in [0.15, 0.2) is 35.5 Å². The highest BCUT2D eigenvalue weighted by molar-refractivity contribution is 5.87. The maximum Gasteiger partial charge on any atom is 0.333 e. The number of hydrogen-bond donors (Lipinski definition) is 2. The lowest BCUT2D eigenvalue weighted by Gasteiger charge is -2.66. The van der Waals surface area contributed by atoms with Gasteiger partial charge in [-0.15, -0.1) is 0 Å². The van der Waals surface area contributed by atoms with E-state index in [1.165, 1.54) is 6.08 Å². The molecule has 0 unspecified atom stereocenters. The first kappa shape index (κ1) is 35.3. The van der Waals surface area contributed by atoms with Crippen LogP contribution >= 0.6 is 0 Å². The molecule has 3 aliphatic carbocycles. The molecule has 46 heavy (non-hydrogen) atoms. The van der Waals surface area contributed by atoms with E-state index in [1.807, 2.05) is 40.7 Å². The number of carbonyl (C=O) groups is 2. The molecule has 0 aromatic rings. The first-order chi connectivity index (χ1) is 21.3. The van der Waals surface area contributed by atoms with Crippen LogP contribution in [0.1, 0.15) is 88.0 Å². The van der Waals surface area contributed by atoms with Gasteiger partial charge in [0.25, 0.3) is 0 Å². The second-order valence-electron chi connectivity index (χ2n) is 16.2. The van der Waals surface area contributed by atoms with Crippen LogP contribution in [-0.2, 0) is 33.3 Å². The highest BCUT2D eigenvalue weighted by Gasteiger charge is 2.71.